The largest absolute Gasteiger partial charge is 0.379 e. The Kier molecular flexibility index (Phi) is 3.49. The summed E-state index contributed by atoms with van der Waals surface area (Å²) in [6, 6.07) is 4.00. The fourth-order valence-corrected chi connectivity index (χ4v) is 3.36. The van der Waals surface area contributed by atoms with Gasteiger partial charge in [-0.25, -0.2) is 9.97 Å². The number of aryl methyl sites for hydroxylation is 1. The Morgan fingerprint density at radius 3 is 3.09 bits per heavy atom. The number of aromatic nitrogens is 4. The molecule has 3 aromatic heterocycles. The standard InChI is InChI=1S/C16H19N5O2/c1-10-5-12(23-20-10)6-11-7-21(8-14(11)22-2)16-13-3-4-17-15(13)18-9-19-16/h3-5,9,11,14H,6-8H2,1-2H3,(H,17,18,19)/t11-,14+/m1/s1. The highest BCUT2D eigenvalue weighted by atomic mass is 16.5. The van der Waals surface area contributed by atoms with E-state index in [-0.39, 0.29) is 6.10 Å². The van der Waals surface area contributed by atoms with Crippen molar-refractivity contribution >= 4 is 16.9 Å². The van der Waals surface area contributed by atoms with Crippen LogP contribution in [0.15, 0.2) is 29.2 Å². The molecule has 4 rings (SSSR count). The molecule has 0 amide bonds. The zero-order chi connectivity index (χ0) is 15.8. The molecule has 0 unspecified atom stereocenters. The molecular formula is C16H19N5O2. The van der Waals surface area contributed by atoms with Gasteiger partial charge in [0.1, 0.15) is 23.6 Å². The van der Waals surface area contributed by atoms with Crippen LogP contribution in [0, 0.1) is 12.8 Å². The Hall–Kier alpha value is -2.41. The van der Waals surface area contributed by atoms with Gasteiger partial charge in [0.25, 0.3) is 0 Å². The van der Waals surface area contributed by atoms with Gasteiger partial charge in [-0.1, -0.05) is 5.16 Å². The molecule has 2 atom stereocenters. The van der Waals surface area contributed by atoms with Gasteiger partial charge in [-0.15, -0.1) is 0 Å². The van der Waals surface area contributed by atoms with Crippen molar-refractivity contribution in [1.82, 2.24) is 20.1 Å². The average Bonchev–Trinajstić information content (AvgIpc) is 3.26. The van der Waals surface area contributed by atoms with Gasteiger partial charge in [-0.05, 0) is 13.0 Å². The number of hydrogen-bond donors (Lipinski definition) is 1. The summed E-state index contributed by atoms with van der Waals surface area (Å²) in [4.78, 5) is 14.1. The first-order valence-corrected chi connectivity index (χ1v) is 7.72. The summed E-state index contributed by atoms with van der Waals surface area (Å²) in [5.41, 5.74) is 1.77. The summed E-state index contributed by atoms with van der Waals surface area (Å²) in [7, 11) is 1.76. The maximum absolute atomic E-state index is 5.69. The number of H-pyrrole nitrogens is 1. The Labute approximate surface area is 133 Å². The average molecular weight is 313 g/mol. The maximum atomic E-state index is 5.69. The predicted molar refractivity (Wildman–Crippen MR) is 85.3 cm³/mol. The van der Waals surface area contributed by atoms with Gasteiger partial charge in [-0.3, -0.25) is 0 Å². The third-order valence-corrected chi connectivity index (χ3v) is 4.46. The minimum atomic E-state index is 0.143. The molecule has 1 aliphatic heterocycles. The minimum Gasteiger partial charge on any atom is -0.379 e. The lowest BCUT2D eigenvalue weighted by molar-refractivity contribution is 0.0813. The van der Waals surface area contributed by atoms with E-state index in [0.717, 1.165) is 47.8 Å². The first kappa shape index (κ1) is 14.2. The molecule has 0 bridgehead atoms. The van der Waals surface area contributed by atoms with Gasteiger partial charge in [0.15, 0.2) is 0 Å². The van der Waals surface area contributed by atoms with Crippen LogP contribution in [0.25, 0.3) is 11.0 Å². The Morgan fingerprint density at radius 2 is 2.30 bits per heavy atom. The molecule has 0 aliphatic carbocycles. The molecule has 1 fully saturated rings. The van der Waals surface area contributed by atoms with Gasteiger partial charge in [0, 0.05) is 44.8 Å². The van der Waals surface area contributed by atoms with Crippen LogP contribution in [0.4, 0.5) is 5.82 Å². The number of aromatic amines is 1. The van der Waals surface area contributed by atoms with E-state index >= 15 is 0 Å². The van der Waals surface area contributed by atoms with E-state index in [2.05, 4.69) is 25.0 Å². The monoisotopic (exact) mass is 313 g/mol. The SMILES string of the molecule is CO[C@H]1CN(c2ncnc3[nH]ccc23)C[C@H]1Cc1cc(C)no1. The topological polar surface area (TPSA) is 80.1 Å². The number of anilines is 1. The molecule has 0 aromatic carbocycles. The fourth-order valence-electron chi connectivity index (χ4n) is 3.36. The molecule has 3 aromatic rings. The van der Waals surface area contributed by atoms with Crippen LogP contribution >= 0.6 is 0 Å². The van der Waals surface area contributed by atoms with Crippen molar-refractivity contribution in [1.29, 1.82) is 0 Å². The summed E-state index contributed by atoms with van der Waals surface area (Å²) in [5, 5.41) is 5.01. The first-order chi connectivity index (χ1) is 11.2. The van der Waals surface area contributed by atoms with E-state index in [0.29, 0.717) is 5.92 Å². The molecule has 1 aliphatic rings. The molecule has 120 valence electrons. The van der Waals surface area contributed by atoms with E-state index in [4.69, 9.17) is 9.26 Å². The van der Waals surface area contributed by atoms with Gasteiger partial charge < -0.3 is 19.1 Å². The molecule has 1 saturated heterocycles. The molecule has 0 saturated carbocycles. The quantitative estimate of drug-likeness (QED) is 0.793. The van der Waals surface area contributed by atoms with Crippen molar-refractivity contribution in [2.75, 3.05) is 25.1 Å². The van der Waals surface area contributed by atoms with Crippen molar-refractivity contribution in [2.45, 2.75) is 19.4 Å². The first-order valence-electron chi connectivity index (χ1n) is 7.72. The van der Waals surface area contributed by atoms with E-state index in [1.54, 1.807) is 13.4 Å². The van der Waals surface area contributed by atoms with Gasteiger partial charge in [0.05, 0.1) is 17.2 Å². The lowest BCUT2D eigenvalue weighted by Gasteiger charge is -2.17. The highest BCUT2D eigenvalue weighted by Crippen LogP contribution is 2.30. The number of nitrogens with zero attached hydrogens (tertiary/aromatic N) is 4. The second kappa shape index (κ2) is 5.66. The third-order valence-electron chi connectivity index (χ3n) is 4.46. The number of hydrogen-bond acceptors (Lipinski definition) is 6. The van der Waals surface area contributed by atoms with Crippen molar-refractivity contribution in [3.05, 3.63) is 36.1 Å². The zero-order valence-electron chi connectivity index (χ0n) is 13.2. The molecule has 4 heterocycles. The Morgan fingerprint density at radius 1 is 1.39 bits per heavy atom. The van der Waals surface area contributed by atoms with Crippen LogP contribution < -0.4 is 4.90 Å². The number of fused-ring (bicyclic) bond motifs is 1. The minimum absolute atomic E-state index is 0.143. The van der Waals surface area contributed by atoms with Crippen molar-refractivity contribution < 1.29 is 9.26 Å². The molecule has 7 nitrogen and oxygen atoms in total. The lowest BCUT2D eigenvalue weighted by Crippen LogP contribution is -2.23. The van der Waals surface area contributed by atoms with E-state index in [1.165, 1.54) is 0 Å². The summed E-state index contributed by atoms with van der Waals surface area (Å²) < 4.78 is 11.1. The lowest BCUT2D eigenvalue weighted by atomic mass is 10.0. The Bertz CT molecular complexity index is 812. The zero-order valence-corrected chi connectivity index (χ0v) is 13.2. The molecule has 7 heteroatoms. The van der Waals surface area contributed by atoms with Gasteiger partial charge in [0.2, 0.25) is 0 Å². The van der Waals surface area contributed by atoms with Crippen LogP contribution in [0.5, 0.6) is 0 Å². The number of ether oxygens (including phenoxy) is 1. The summed E-state index contributed by atoms with van der Waals surface area (Å²) in [6.07, 6.45) is 4.45. The molecule has 0 spiro atoms. The Balaban J connectivity index is 1.58. The molecule has 1 N–H and O–H groups in total. The van der Waals surface area contributed by atoms with E-state index in [9.17, 15) is 0 Å². The van der Waals surface area contributed by atoms with E-state index in [1.807, 2.05) is 25.3 Å². The number of nitrogens with one attached hydrogen (secondary N) is 1. The smallest absolute Gasteiger partial charge is 0.142 e. The second-order valence-electron chi connectivity index (χ2n) is 6.02. The number of methoxy groups -OCH3 is 1. The van der Waals surface area contributed by atoms with Crippen molar-refractivity contribution in [3.8, 4) is 0 Å². The maximum Gasteiger partial charge on any atom is 0.142 e. The van der Waals surface area contributed by atoms with Crippen LogP contribution in [-0.4, -0.2) is 46.4 Å². The van der Waals surface area contributed by atoms with Gasteiger partial charge in [-0.2, -0.15) is 0 Å². The van der Waals surface area contributed by atoms with Crippen LogP contribution in [0.1, 0.15) is 11.5 Å². The highest BCUT2D eigenvalue weighted by Gasteiger charge is 2.35. The van der Waals surface area contributed by atoms with Crippen LogP contribution in [0.2, 0.25) is 0 Å². The normalized spacial score (nSPS) is 21.4. The van der Waals surface area contributed by atoms with Crippen molar-refractivity contribution in [3.63, 3.8) is 0 Å². The third kappa shape index (κ3) is 2.57. The highest BCUT2D eigenvalue weighted by molar-refractivity contribution is 5.87. The number of rotatable bonds is 4. The molecule has 23 heavy (non-hydrogen) atoms. The fraction of sp³-hybridized carbons (Fsp3) is 0.438. The second-order valence-corrected chi connectivity index (χ2v) is 6.02. The van der Waals surface area contributed by atoms with Gasteiger partial charge >= 0.3 is 0 Å². The summed E-state index contributed by atoms with van der Waals surface area (Å²) in [6.45, 7) is 3.62. The predicted octanol–water partition coefficient (Wildman–Crippen LogP) is 1.95. The van der Waals surface area contributed by atoms with Crippen LogP contribution in [0.3, 0.4) is 0 Å². The molecular weight excluding hydrogens is 294 g/mol. The van der Waals surface area contributed by atoms with Crippen molar-refractivity contribution in [2.24, 2.45) is 5.92 Å². The van der Waals surface area contributed by atoms with E-state index < -0.39 is 0 Å². The summed E-state index contributed by atoms with van der Waals surface area (Å²) >= 11 is 0. The summed E-state index contributed by atoms with van der Waals surface area (Å²) in [5.74, 6) is 2.21. The molecule has 0 radical (unpaired) electrons. The van der Waals surface area contributed by atoms with Crippen LogP contribution in [-0.2, 0) is 11.2 Å².